The van der Waals surface area contributed by atoms with Crippen molar-refractivity contribution in [2.24, 2.45) is 5.73 Å². The first-order valence-electron chi connectivity index (χ1n) is 9.81. The zero-order valence-electron chi connectivity index (χ0n) is 15.8. The van der Waals surface area contributed by atoms with Gasteiger partial charge in [-0.25, -0.2) is 4.98 Å². The number of piperidine rings is 1. The van der Waals surface area contributed by atoms with Gasteiger partial charge in [0.15, 0.2) is 0 Å². The minimum Gasteiger partial charge on any atom is -0.342 e. The lowest BCUT2D eigenvalue weighted by Gasteiger charge is -2.32. The van der Waals surface area contributed by atoms with Gasteiger partial charge >= 0.3 is 0 Å². The van der Waals surface area contributed by atoms with E-state index in [9.17, 15) is 4.79 Å². The molecule has 0 bridgehead atoms. The molecule has 0 aliphatic carbocycles. The smallest absolute Gasteiger partial charge is 0.224 e. The maximum absolute atomic E-state index is 12.8. The Hall–Kier alpha value is -2.18. The number of nitrogens with zero attached hydrogens (tertiary/aromatic N) is 2. The molecule has 6 heteroatoms. The lowest BCUT2D eigenvalue weighted by atomic mass is 9.96. The van der Waals surface area contributed by atoms with Crippen molar-refractivity contribution in [1.29, 1.82) is 0 Å². The Kier molecular flexibility index (Phi) is 5.78. The topological polar surface area (TPSA) is 75.0 Å². The zero-order valence-corrected chi connectivity index (χ0v) is 17.4. The highest BCUT2D eigenvalue weighted by molar-refractivity contribution is 9.10. The van der Waals surface area contributed by atoms with Crippen molar-refractivity contribution in [3.05, 3.63) is 64.4 Å². The summed E-state index contributed by atoms with van der Waals surface area (Å²) < 4.78 is 1.05. The van der Waals surface area contributed by atoms with Crippen molar-refractivity contribution in [3.8, 4) is 0 Å². The van der Waals surface area contributed by atoms with E-state index in [1.807, 2.05) is 53.4 Å². The van der Waals surface area contributed by atoms with Crippen LogP contribution in [0.5, 0.6) is 0 Å². The van der Waals surface area contributed by atoms with Gasteiger partial charge in [0.05, 0.1) is 11.0 Å². The van der Waals surface area contributed by atoms with Gasteiger partial charge < -0.3 is 15.6 Å². The van der Waals surface area contributed by atoms with Crippen molar-refractivity contribution < 1.29 is 4.79 Å². The Bertz CT molecular complexity index is 920. The molecule has 146 valence electrons. The van der Waals surface area contributed by atoms with Crippen LogP contribution >= 0.6 is 15.9 Å². The van der Waals surface area contributed by atoms with Crippen LogP contribution in [0.1, 0.15) is 36.6 Å². The summed E-state index contributed by atoms with van der Waals surface area (Å²) in [4.78, 5) is 22.9. The van der Waals surface area contributed by atoms with Gasteiger partial charge in [0.25, 0.3) is 0 Å². The number of nitrogens with two attached hydrogens (primary N) is 1. The maximum atomic E-state index is 12.8. The lowest BCUT2D eigenvalue weighted by molar-refractivity contribution is -0.132. The van der Waals surface area contributed by atoms with Crippen LogP contribution in [0.4, 0.5) is 0 Å². The standard InChI is InChI=1S/C22H25BrN4O/c23-17-9-7-15(8-10-17)12-18(24)13-21(28)27-11-3-4-16(14-27)22-25-19-5-1-2-6-20(19)26-22/h1-2,5-10,16,18H,3-4,11-14,24H2,(H,25,26)/t16?,18-/m1/s1. The molecule has 1 aromatic heterocycles. The third-order valence-corrected chi connectivity index (χ3v) is 5.95. The van der Waals surface area contributed by atoms with Gasteiger partial charge in [0.2, 0.25) is 5.91 Å². The summed E-state index contributed by atoms with van der Waals surface area (Å²) in [7, 11) is 0. The molecule has 1 unspecified atom stereocenters. The zero-order chi connectivity index (χ0) is 19.5. The minimum absolute atomic E-state index is 0.144. The van der Waals surface area contributed by atoms with Crippen LogP contribution in [-0.4, -0.2) is 39.9 Å². The quantitative estimate of drug-likeness (QED) is 0.629. The third kappa shape index (κ3) is 4.45. The number of hydrogen-bond donors (Lipinski definition) is 2. The van der Waals surface area contributed by atoms with E-state index in [-0.39, 0.29) is 17.9 Å². The predicted octanol–water partition coefficient (Wildman–Crippen LogP) is 3.99. The average Bonchev–Trinajstić information content (AvgIpc) is 3.14. The first kappa shape index (κ1) is 19.2. The van der Waals surface area contributed by atoms with E-state index >= 15 is 0 Å². The summed E-state index contributed by atoms with van der Waals surface area (Å²) in [6, 6.07) is 16.0. The van der Waals surface area contributed by atoms with Gasteiger partial charge in [0.1, 0.15) is 5.82 Å². The van der Waals surface area contributed by atoms with E-state index in [0.29, 0.717) is 19.4 Å². The number of benzene rings is 2. The molecule has 1 aliphatic rings. The summed E-state index contributed by atoms with van der Waals surface area (Å²) in [5, 5.41) is 0. The number of para-hydroxylation sites is 2. The summed E-state index contributed by atoms with van der Waals surface area (Å²) in [6.45, 7) is 1.52. The highest BCUT2D eigenvalue weighted by Crippen LogP contribution is 2.27. The molecule has 2 atom stereocenters. The largest absolute Gasteiger partial charge is 0.342 e. The van der Waals surface area contributed by atoms with Gasteiger partial charge in [-0.1, -0.05) is 40.2 Å². The van der Waals surface area contributed by atoms with Gasteiger partial charge in [-0.2, -0.15) is 0 Å². The Balaban J connectivity index is 1.36. The van der Waals surface area contributed by atoms with Crippen molar-refractivity contribution in [1.82, 2.24) is 14.9 Å². The average molecular weight is 441 g/mol. The summed E-state index contributed by atoms with van der Waals surface area (Å²) in [6.07, 6.45) is 3.13. The number of amides is 1. The fourth-order valence-electron chi connectivity index (χ4n) is 3.94. The van der Waals surface area contributed by atoms with Gasteiger partial charge in [-0.3, -0.25) is 4.79 Å². The van der Waals surface area contributed by atoms with E-state index in [4.69, 9.17) is 10.7 Å². The van der Waals surface area contributed by atoms with Crippen LogP contribution in [0.2, 0.25) is 0 Å². The van der Waals surface area contributed by atoms with Crippen LogP contribution in [0.3, 0.4) is 0 Å². The van der Waals surface area contributed by atoms with E-state index in [1.165, 1.54) is 0 Å². The second-order valence-electron chi connectivity index (χ2n) is 7.61. The molecule has 1 aliphatic heterocycles. The molecule has 3 N–H and O–H groups in total. The molecule has 2 heterocycles. The minimum atomic E-state index is -0.166. The van der Waals surface area contributed by atoms with E-state index in [2.05, 4.69) is 20.9 Å². The number of aromatic nitrogens is 2. The van der Waals surface area contributed by atoms with Crippen molar-refractivity contribution in [2.45, 2.75) is 37.6 Å². The molecule has 1 saturated heterocycles. The van der Waals surface area contributed by atoms with E-state index < -0.39 is 0 Å². The molecule has 4 rings (SSSR count). The number of carbonyl (C=O) groups is 1. The van der Waals surface area contributed by atoms with Gasteiger partial charge in [-0.05, 0) is 49.1 Å². The molecule has 2 aromatic carbocycles. The first-order valence-corrected chi connectivity index (χ1v) is 10.6. The van der Waals surface area contributed by atoms with Crippen molar-refractivity contribution in [2.75, 3.05) is 13.1 Å². The summed E-state index contributed by atoms with van der Waals surface area (Å²) in [5.41, 5.74) is 9.46. The van der Waals surface area contributed by atoms with Crippen molar-refractivity contribution in [3.63, 3.8) is 0 Å². The molecular weight excluding hydrogens is 416 g/mol. The van der Waals surface area contributed by atoms with E-state index in [1.54, 1.807) is 0 Å². The highest BCUT2D eigenvalue weighted by atomic mass is 79.9. The number of carbonyl (C=O) groups excluding carboxylic acids is 1. The van der Waals surface area contributed by atoms with Crippen LogP contribution in [0.25, 0.3) is 11.0 Å². The van der Waals surface area contributed by atoms with Crippen LogP contribution in [-0.2, 0) is 11.2 Å². The number of rotatable bonds is 5. The molecule has 0 spiro atoms. The van der Waals surface area contributed by atoms with Crippen LogP contribution in [0.15, 0.2) is 53.0 Å². The number of likely N-dealkylation sites (tertiary alicyclic amines) is 1. The Morgan fingerprint density at radius 2 is 2.04 bits per heavy atom. The molecule has 1 fully saturated rings. The second-order valence-corrected chi connectivity index (χ2v) is 8.53. The summed E-state index contributed by atoms with van der Waals surface area (Å²) in [5.74, 6) is 1.39. The normalized spacial score (nSPS) is 18.4. The Morgan fingerprint density at radius 3 is 2.82 bits per heavy atom. The van der Waals surface area contributed by atoms with E-state index in [0.717, 1.165) is 46.3 Å². The van der Waals surface area contributed by atoms with Crippen molar-refractivity contribution >= 4 is 32.9 Å². The molecule has 0 radical (unpaired) electrons. The highest BCUT2D eigenvalue weighted by Gasteiger charge is 2.27. The lowest BCUT2D eigenvalue weighted by Crippen LogP contribution is -2.42. The third-order valence-electron chi connectivity index (χ3n) is 5.42. The number of fused-ring (bicyclic) bond motifs is 1. The summed E-state index contributed by atoms with van der Waals surface area (Å²) >= 11 is 3.44. The molecule has 28 heavy (non-hydrogen) atoms. The fraction of sp³-hybridized carbons (Fsp3) is 0.364. The number of nitrogens with one attached hydrogen (secondary N) is 1. The number of H-pyrrole nitrogens is 1. The molecule has 0 saturated carbocycles. The predicted molar refractivity (Wildman–Crippen MR) is 115 cm³/mol. The van der Waals surface area contributed by atoms with Crippen LogP contribution < -0.4 is 5.73 Å². The van der Waals surface area contributed by atoms with Gasteiger partial charge in [-0.15, -0.1) is 0 Å². The second kappa shape index (κ2) is 8.45. The SMILES string of the molecule is N[C@@H](CC(=O)N1CCCC(c2nc3ccccc3[nH]2)C1)Cc1ccc(Br)cc1. The number of halogens is 1. The number of imidazole rings is 1. The molecular formula is C22H25BrN4O. The number of aromatic amines is 1. The van der Waals surface area contributed by atoms with Gasteiger partial charge in [0, 0.05) is 35.9 Å². The number of hydrogen-bond acceptors (Lipinski definition) is 3. The fourth-order valence-corrected chi connectivity index (χ4v) is 4.21. The van der Waals surface area contributed by atoms with Crippen LogP contribution in [0, 0.1) is 0 Å². The molecule has 5 nitrogen and oxygen atoms in total. The molecule has 1 amide bonds. The first-order chi connectivity index (χ1) is 13.6. The molecule has 3 aromatic rings. The Labute approximate surface area is 173 Å². The maximum Gasteiger partial charge on any atom is 0.224 e. The Morgan fingerprint density at radius 1 is 1.25 bits per heavy atom. The monoisotopic (exact) mass is 440 g/mol.